The number of carboxylic acids is 1. The molecule has 0 aromatic carbocycles. The molecule has 0 aliphatic rings. The van der Waals surface area contributed by atoms with Crippen molar-refractivity contribution < 1.29 is 14.7 Å². The highest BCUT2D eigenvalue weighted by Gasteiger charge is 2.23. The molecule has 0 bridgehead atoms. The minimum absolute atomic E-state index is 0.00402. The van der Waals surface area contributed by atoms with E-state index in [1.807, 2.05) is 4.90 Å². The van der Waals surface area contributed by atoms with Crippen molar-refractivity contribution >= 4 is 11.9 Å². The Morgan fingerprint density at radius 2 is 1.81 bits per heavy atom. The van der Waals surface area contributed by atoms with Gasteiger partial charge >= 0.3 is 5.97 Å². The van der Waals surface area contributed by atoms with Crippen LogP contribution in [0.3, 0.4) is 0 Å². The molecule has 0 heterocycles. The molecule has 0 saturated heterocycles. The lowest BCUT2D eigenvalue weighted by Gasteiger charge is -2.27. The monoisotopic (exact) mass is 298 g/mol. The Hall–Kier alpha value is -1.36. The first kappa shape index (κ1) is 19.6. The molecule has 2 N–H and O–H groups in total. The maximum Gasteiger partial charge on any atom is 0.303 e. The minimum atomic E-state index is -0.873. The van der Waals surface area contributed by atoms with Gasteiger partial charge in [-0.3, -0.25) is 9.59 Å². The number of amides is 1. The Morgan fingerprint density at radius 3 is 2.24 bits per heavy atom. The molecular formula is C16H30N2O3. The Balaban J connectivity index is 4.70. The second-order valence-electron chi connectivity index (χ2n) is 5.21. The van der Waals surface area contributed by atoms with Crippen molar-refractivity contribution in [2.45, 2.75) is 58.4 Å². The number of nitrogens with zero attached hydrogens (tertiary/aromatic N) is 1. The fourth-order valence-corrected chi connectivity index (χ4v) is 2.06. The van der Waals surface area contributed by atoms with Gasteiger partial charge in [0, 0.05) is 26.1 Å². The molecule has 122 valence electrons. The minimum Gasteiger partial charge on any atom is -0.481 e. The summed E-state index contributed by atoms with van der Waals surface area (Å²) < 4.78 is 0. The van der Waals surface area contributed by atoms with Crippen LogP contribution in [0.4, 0.5) is 0 Å². The summed E-state index contributed by atoms with van der Waals surface area (Å²) in [5.41, 5.74) is 0. The normalized spacial score (nSPS) is 11.9. The van der Waals surface area contributed by atoms with E-state index in [9.17, 15) is 9.59 Å². The SMILES string of the molecule is C=CCNC(CCC(=O)O)C(=O)N(CCCC)CCCC. The van der Waals surface area contributed by atoms with E-state index in [0.717, 1.165) is 38.8 Å². The molecule has 5 heteroatoms. The third kappa shape index (κ3) is 9.24. The number of hydrogen-bond acceptors (Lipinski definition) is 3. The zero-order chi connectivity index (χ0) is 16.1. The van der Waals surface area contributed by atoms with Gasteiger partial charge in [0.05, 0.1) is 6.04 Å². The highest BCUT2D eigenvalue weighted by Crippen LogP contribution is 2.07. The summed E-state index contributed by atoms with van der Waals surface area (Å²) in [6.07, 6.45) is 6.02. The Morgan fingerprint density at radius 1 is 1.24 bits per heavy atom. The summed E-state index contributed by atoms with van der Waals surface area (Å²) in [6, 6.07) is -0.437. The maximum atomic E-state index is 12.6. The van der Waals surface area contributed by atoms with Crippen molar-refractivity contribution in [1.29, 1.82) is 0 Å². The summed E-state index contributed by atoms with van der Waals surface area (Å²) in [6.45, 7) is 9.82. The molecule has 0 radical (unpaired) electrons. The van der Waals surface area contributed by atoms with E-state index >= 15 is 0 Å². The molecule has 0 aromatic rings. The van der Waals surface area contributed by atoms with Crippen LogP contribution in [0.15, 0.2) is 12.7 Å². The van der Waals surface area contributed by atoms with E-state index in [-0.39, 0.29) is 12.3 Å². The number of nitrogens with one attached hydrogen (secondary N) is 1. The standard InChI is InChI=1S/C16H30N2O3/c1-4-7-12-18(13-8-5-2)16(21)14(17-11-6-3)9-10-15(19)20/h6,14,17H,3-5,7-13H2,1-2H3,(H,19,20). The lowest BCUT2D eigenvalue weighted by molar-refractivity contribution is -0.138. The van der Waals surface area contributed by atoms with Crippen molar-refractivity contribution in [2.24, 2.45) is 0 Å². The quantitative estimate of drug-likeness (QED) is 0.512. The number of unbranched alkanes of at least 4 members (excludes halogenated alkanes) is 2. The van der Waals surface area contributed by atoms with Gasteiger partial charge in [0.1, 0.15) is 0 Å². The predicted molar refractivity (Wildman–Crippen MR) is 85.3 cm³/mol. The number of carbonyl (C=O) groups is 2. The highest BCUT2D eigenvalue weighted by atomic mass is 16.4. The molecule has 21 heavy (non-hydrogen) atoms. The number of carboxylic acid groups (broad SMARTS) is 1. The Bertz CT molecular complexity index is 311. The van der Waals surface area contributed by atoms with Crippen LogP contribution in [-0.2, 0) is 9.59 Å². The van der Waals surface area contributed by atoms with Crippen LogP contribution >= 0.6 is 0 Å². The predicted octanol–water partition coefficient (Wildman–Crippen LogP) is 2.42. The average molecular weight is 298 g/mol. The van der Waals surface area contributed by atoms with E-state index in [2.05, 4.69) is 25.7 Å². The van der Waals surface area contributed by atoms with E-state index < -0.39 is 12.0 Å². The smallest absolute Gasteiger partial charge is 0.303 e. The molecule has 0 aliphatic heterocycles. The molecule has 0 rings (SSSR count). The maximum absolute atomic E-state index is 12.6. The second kappa shape index (κ2) is 12.4. The first-order chi connectivity index (χ1) is 10.1. The summed E-state index contributed by atoms with van der Waals surface area (Å²) in [4.78, 5) is 25.2. The van der Waals surface area contributed by atoms with Crippen molar-refractivity contribution in [1.82, 2.24) is 10.2 Å². The molecule has 5 nitrogen and oxygen atoms in total. The van der Waals surface area contributed by atoms with Gasteiger partial charge < -0.3 is 15.3 Å². The second-order valence-corrected chi connectivity index (χ2v) is 5.21. The van der Waals surface area contributed by atoms with Gasteiger partial charge in [-0.15, -0.1) is 6.58 Å². The van der Waals surface area contributed by atoms with Crippen molar-refractivity contribution in [3.8, 4) is 0 Å². The molecular weight excluding hydrogens is 268 g/mol. The Kier molecular flexibility index (Phi) is 11.6. The first-order valence-corrected chi connectivity index (χ1v) is 7.91. The number of rotatable bonds is 13. The fraction of sp³-hybridized carbons (Fsp3) is 0.750. The summed E-state index contributed by atoms with van der Waals surface area (Å²) in [7, 11) is 0. The van der Waals surface area contributed by atoms with Gasteiger partial charge in [-0.05, 0) is 19.3 Å². The van der Waals surface area contributed by atoms with Crippen molar-refractivity contribution in [2.75, 3.05) is 19.6 Å². The van der Waals surface area contributed by atoms with E-state index in [1.54, 1.807) is 6.08 Å². The van der Waals surface area contributed by atoms with Crippen LogP contribution in [0.2, 0.25) is 0 Å². The van der Waals surface area contributed by atoms with Gasteiger partial charge in [-0.25, -0.2) is 0 Å². The molecule has 0 aliphatic carbocycles. The van der Waals surface area contributed by atoms with E-state index in [1.165, 1.54) is 0 Å². The molecule has 0 aromatic heterocycles. The lowest BCUT2D eigenvalue weighted by atomic mass is 10.1. The van der Waals surface area contributed by atoms with Crippen LogP contribution < -0.4 is 5.32 Å². The van der Waals surface area contributed by atoms with Crippen LogP contribution in [0.25, 0.3) is 0 Å². The van der Waals surface area contributed by atoms with Crippen LogP contribution in [-0.4, -0.2) is 47.6 Å². The van der Waals surface area contributed by atoms with Crippen LogP contribution in [0, 0.1) is 0 Å². The topological polar surface area (TPSA) is 69.6 Å². The third-order valence-corrected chi connectivity index (χ3v) is 3.33. The molecule has 0 saturated carbocycles. The number of hydrogen-bond donors (Lipinski definition) is 2. The number of carbonyl (C=O) groups excluding carboxylic acids is 1. The van der Waals surface area contributed by atoms with Gasteiger partial charge in [-0.2, -0.15) is 0 Å². The highest BCUT2D eigenvalue weighted by molar-refractivity contribution is 5.82. The molecule has 1 unspecified atom stereocenters. The molecule has 1 atom stereocenters. The molecule has 0 spiro atoms. The fourth-order valence-electron chi connectivity index (χ4n) is 2.06. The molecule has 1 amide bonds. The third-order valence-electron chi connectivity index (χ3n) is 3.33. The van der Waals surface area contributed by atoms with Crippen LogP contribution in [0.5, 0.6) is 0 Å². The van der Waals surface area contributed by atoms with Crippen LogP contribution in [0.1, 0.15) is 52.4 Å². The van der Waals surface area contributed by atoms with Gasteiger partial charge in [0.15, 0.2) is 0 Å². The van der Waals surface area contributed by atoms with Gasteiger partial charge in [0.25, 0.3) is 0 Å². The van der Waals surface area contributed by atoms with E-state index in [0.29, 0.717) is 13.0 Å². The zero-order valence-electron chi connectivity index (χ0n) is 13.4. The summed E-state index contributed by atoms with van der Waals surface area (Å²) in [5.74, 6) is -0.859. The number of aliphatic carboxylic acids is 1. The largest absolute Gasteiger partial charge is 0.481 e. The van der Waals surface area contributed by atoms with Gasteiger partial charge in [0.2, 0.25) is 5.91 Å². The van der Waals surface area contributed by atoms with E-state index in [4.69, 9.17) is 5.11 Å². The first-order valence-electron chi connectivity index (χ1n) is 7.91. The average Bonchev–Trinajstić information content (AvgIpc) is 2.46. The van der Waals surface area contributed by atoms with Gasteiger partial charge in [-0.1, -0.05) is 32.8 Å². The van der Waals surface area contributed by atoms with Crippen molar-refractivity contribution in [3.05, 3.63) is 12.7 Å². The molecule has 0 fully saturated rings. The lowest BCUT2D eigenvalue weighted by Crippen LogP contribution is -2.47. The van der Waals surface area contributed by atoms with Crippen molar-refractivity contribution in [3.63, 3.8) is 0 Å². The zero-order valence-corrected chi connectivity index (χ0v) is 13.4. The summed E-state index contributed by atoms with van der Waals surface area (Å²) in [5, 5.41) is 11.9. The Labute approximate surface area is 128 Å². The summed E-state index contributed by atoms with van der Waals surface area (Å²) >= 11 is 0.